The van der Waals surface area contributed by atoms with Gasteiger partial charge in [0.25, 0.3) is 5.91 Å². The van der Waals surface area contributed by atoms with Crippen molar-refractivity contribution in [2.45, 2.75) is 19.0 Å². The summed E-state index contributed by atoms with van der Waals surface area (Å²) in [5, 5.41) is 20.1. The molecule has 0 spiro atoms. The minimum atomic E-state index is -4.36. The molecule has 1 amide bonds. The number of piperidine rings is 1. The Morgan fingerprint density at radius 2 is 2.09 bits per heavy atom. The van der Waals surface area contributed by atoms with E-state index in [0.717, 1.165) is 23.1 Å². The van der Waals surface area contributed by atoms with Gasteiger partial charge in [-0.1, -0.05) is 0 Å². The largest absolute Gasteiger partial charge is 0.502 e. The molecule has 1 aliphatic rings. The van der Waals surface area contributed by atoms with E-state index in [1.807, 2.05) is 0 Å². The highest BCUT2D eigenvalue weighted by Gasteiger charge is 2.42. The molecule has 0 unspecified atom stereocenters. The smallest absolute Gasteiger partial charge is 0.393 e. The number of aromatic hydroxyl groups is 1. The molecular weight excluding hydrogens is 305 g/mol. The van der Waals surface area contributed by atoms with Crippen LogP contribution in [0.3, 0.4) is 0 Å². The maximum Gasteiger partial charge on any atom is 0.393 e. The summed E-state index contributed by atoms with van der Waals surface area (Å²) in [5.74, 6) is -2.95. The van der Waals surface area contributed by atoms with Crippen LogP contribution < -0.4 is 0 Å². The number of likely N-dealkylation sites (tertiary alicyclic amines) is 1. The molecule has 0 bridgehead atoms. The zero-order valence-corrected chi connectivity index (χ0v) is 11.3. The van der Waals surface area contributed by atoms with E-state index in [9.17, 15) is 33.2 Å². The van der Waals surface area contributed by atoms with Crippen LogP contribution >= 0.6 is 0 Å². The number of nitro groups is 1. The molecule has 1 saturated heterocycles. The predicted molar refractivity (Wildman–Crippen MR) is 69.4 cm³/mol. The van der Waals surface area contributed by atoms with E-state index >= 15 is 0 Å². The van der Waals surface area contributed by atoms with Gasteiger partial charge in [0.2, 0.25) is 0 Å². The first kappa shape index (κ1) is 16.1. The van der Waals surface area contributed by atoms with Crippen molar-refractivity contribution >= 4 is 11.6 Å². The lowest BCUT2D eigenvalue weighted by Crippen LogP contribution is -2.44. The van der Waals surface area contributed by atoms with Crippen LogP contribution in [0.4, 0.5) is 18.9 Å². The molecule has 9 heteroatoms. The highest BCUT2D eigenvalue weighted by atomic mass is 19.4. The summed E-state index contributed by atoms with van der Waals surface area (Å²) in [5.41, 5.74) is -0.644. The van der Waals surface area contributed by atoms with E-state index in [2.05, 4.69) is 0 Å². The number of benzene rings is 1. The second kappa shape index (κ2) is 5.82. The molecule has 120 valence electrons. The summed E-state index contributed by atoms with van der Waals surface area (Å²) < 4.78 is 38.2. The molecule has 0 aliphatic carbocycles. The number of alkyl halides is 3. The number of hydrogen-bond donors (Lipinski definition) is 1. The monoisotopic (exact) mass is 318 g/mol. The third kappa shape index (κ3) is 3.29. The van der Waals surface area contributed by atoms with Crippen molar-refractivity contribution in [1.29, 1.82) is 0 Å². The van der Waals surface area contributed by atoms with E-state index < -0.39 is 40.9 Å². The fourth-order valence-electron chi connectivity index (χ4n) is 2.42. The van der Waals surface area contributed by atoms with Crippen LogP contribution in [0.25, 0.3) is 0 Å². The predicted octanol–water partition coefficient (Wildman–Crippen LogP) is 2.71. The van der Waals surface area contributed by atoms with Crippen molar-refractivity contribution in [3.63, 3.8) is 0 Å². The standard InChI is InChI=1S/C13H13F3N2O4/c14-13(15,16)9-2-1-5-17(7-9)12(20)8-3-4-10(18(21)22)11(19)6-8/h3-4,6,9,19H,1-2,5,7H2/t9-/m0/s1. The van der Waals surface area contributed by atoms with Crippen LogP contribution in [-0.4, -0.2) is 40.1 Å². The zero-order chi connectivity index (χ0) is 16.5. The highest BCUT2D eigenvalue weighted by Crippen LogP contribution is 2.34. The van der Waals surface area contributed by atoms with Crippen molar-refractivity contribution < 1.29 is 28.0 Å². The fraction of sp³-hybridized carbons (Fsp3) is 0.462. The van der Waals surface area contributed by atoms with Gasteiger partial charge in [-0.2, -0.15) is 13.2 Å². The summed E-state index contributed by atoms with van der Waals surface area (Å²) in [4.78, 5) is 23.0. The minimum Gasteiger partial charge on any atom is -0.502 e. The number of phenols is 1. The van der Waals surface area contributed by atoms with E-state index in [1.165, 1.54) is 0 Å². The van der Waals surface area contributed by atoms with E-state index in [4.69, 9.17) is 0 Å². The van der Waals surface area contributed by atoms with Gasteiger partial charge in [0, 0.05) is 24.7 Å². The molecule has 1 fully saturated rings. The summed E-state index contributed by atoms with van der Waals surface area (Å²) in [7, 11) is 0. The van der Waals surface area contributed by atoms with Crippen LogP contribution in [0.5, 0.6) is 5.75 Å². The number of rotatable bonds is 2. The van der Waals surface area contributed by atoms with Crippen LogP contribution in [0, 0.1) is 16.0 Å². The van der Waals surface area contributed by atoms with Gasteiger partial charge >= 0.3 is 11.9 Å². The Morgan fingerprint density at radius 3 is 2.64 bits per heavy atom. The minimum absolute atomic E-state index is 0.0290. The quantitative estimate of drug-likeness (QED) is 0.671. The number of halogens is 3. The average Bonchev–Trinajstić information content (AvgIpc) is 2.45. The van der Waals surface area contributed by atoms with Crippen molar-refractivity contribution in [2.75, 3.05) is 13.1 Å². The van der Waals surface area contributed by atoms with E-state index in [1.54, 1.807) is 0 Å². The van der Waals surface area contributed by atoms with Gasteiger partial charge in [0.15, 0.2) is 5.75 Å². The van der Waals surface area contributed by atoms with Crippen LogP contribution in [-0.2, 0) is 0 Å². The first-order valence-corrected chi connectivity index (χ1v) is 6.53. The van der Waals surface area contributed by atoms with Crippen molar-refractivity contribution in [3.8, 4) is 5.75 Å². The molecule has 22 heavy (non-hydrogen) atoms. The van der Waals surface area contributed by atoms with Gasteiger partial charge in [-0.15, -0.1) is 0 Å². The number of nitro benzene ring substituents is 1. The maximum atomic E-state index is 12.7. The van der Waals surface area contributed by atoms with Crippen LogP contribution in [0.2, 0.25) is 0 Å². The fourth-order valence-corrected chi connectivity index (χ4v) is 2.42. The van der Waals surface area contributed by atoms with Crippen LogP contribution in [0.15, 0.2) is 18.2 Å². The van der Waals surface area contributed by atoms with Gasteiger partial charge in [-0.3, -0.25) is 14.9 Å². The molecule has 0 radical (unpaired) electrons. The lowest BCUT2D eigenvalue weighted by Gasteiger charge is -2.33. The summed E-state index contributed by atoms with van der Waals surface area (Å²) in [6, 6.07) is 2.98. The summed E-state index contributed by atoms with van der Waals surface area (Å²) in [6.07, 6.45) is -4.16. The molecule has 1 aromatic carbocycles. The highest BCUT2D eigenvalue weighted by molar-refractivity contribution is 5.95. The Bertz CT molecular complexity index is 603. The molecule has 0 saturated carbocycles. The van der Waals surface area contributed by atoms with Gasteiger partial charge < -0.3 is 10.0 Å². The average molecular weight is 318 g/mol. The lowest BCUT2D eigenvalue weighted by atomic mass is 9.97. The third-order valence-corrected chi connectivity index (χ3v) is 3.59. The molecule has 1 aliphatic heterocycles. The Balaban J connectivity index is 2.17. The first-order valence-electron chi connectivity index (χ1n) is 6.53. The topological polar surface area (TPSA) is 83.7 Å². The number of nitrogens with zero attached hydrogens (tertiary/aromatic N) is 2. The number of carbonyl (C=O) groups is 1. The van der Waals surface area contributed by atoms with Crippen LogP contribution in [0.1, 0.15) is 23.2 Å². The molecule has 1 N–H and O–H groups in total. The lowest BCUT2D eigenvalue weighted by molar-refractivity contribution is -0.385. The normalized spacial score (nSPS) is 19.0. The molecular formula is C13H13F3N2O4. The van der Waals surface area contributed by atoms with Gasteiger partial charge in [-0.05, 0) is 25.0 Å². The number of phenolic OH excluding ortho intramolecular Hbond substituents is 1. The Hall–Kier alpha value is -2.32. The van der Waals surface area contributed by atoms with Crippen molar-refractivity contribution in [2.24, 2.45) is 5.92 Å². The molecule has 1 atom stereocenters. The molecule has 1 aromatic rings. The Labute approximate surface area is 123 Å². The van der Waals surface area contributed by atoms with Crippen molar-refractivity contribution in [3.05, 3.63) is 33.9 Å². The molecule has 2 rings (SSSR count). The van der Waals surface area contributed by atoms with Gasteiger partial charge in [0.05, 0.1) is 10.8 Å². The molecule has 0 aromatic heterocycles. The number of amides is 1. The Morgan fingerprint density at radius 1 is 1.41 bits per heavy atom. The maximum absolute atomic E-state index is 12.7. The second-order valence-corrected chi connectivity index (χ2v) is 5.09. The molecule has 1 heterocycles. The van der Waals surface area contributed by atoms with Gasteiger partial charge in [-0.25, -0.2) is 0 Å². The number of carbonyl (C=O) groups excluding carboxylic acids is 1. The summed E-state index contributed by atoms with van der Waals surface area (Å²) in [6.45, 7) is -0.261. The van der Waals surface area contributed by atoms with E-state index in [-0.39, 0.29) is 24.9 Å². The number of hydrogen-bond acceptors (Lipinski definition) is 4. The van der Waals surface area contributed by atoms with E-state index in [0.29, 0.717) is 0 Å². The third-order valence-electron chi connectivity index (χ3n) is 3.59. The van der Waals surface area contributed by atoms with Gasteiger partial charge in [0.1, 0.15) is 0 Å². The molecule has 6 nitrogen and oxygen atoms in total. The zero-order valence-electron chi connectivity index (χ0n) is 11.3. The Kier molecular flexibility index (Phi) is 4.25. The SMILES string of the molecule is O=C(c1ccc([N+](=O)[O-])c(O)c1)N1CCC[C@H](C(F)(F)F)C1. The summed E-state index contributed by atoms with van der Waals surface area (Å²) >= 11 is 0. The second-order valence-electron chi connectivity index (χ2n) is 5.09. The first-order chi connectivity index (χ1) is 10.2. The van der Waals surface area contributed by atoms with Crippen molar-refractivity contribution in [1.82, 2.24) is 4.90 Å².